The Balaban J connectivity index is 0.000000937. The highest BCUT2D eigenvalue weighted by atomic mass is 16.3. The summed E-state index contributed by atoms with van der Waals surface area (Å²) in [6, 6.07) is 75.8. The van der Waals surface area contributed by atoms with Gasteiger partial charge in [0, 0.05) is 10.8 Å². The average Bonchev–Trinajstić information content (AvgIpc) is 2.77. The summed E-state index contributed by atoms with van der Waals surface area (Å²) < 4.78 is 0. The Hall–Kier alpha value is -6.54. The van der Waals surface area contributed by atoms with Crippen LogP contribution in [0.3, 0.4) is 0 Å². The lowest BCUT2D eigenvalue weighted by Gasteiger charge is -2.34. The standard InChI is InChI=1S/C71H74O.C4H10.C3H8.2C2H6/c1-7-17-50(2)24-25-53-26-33-62(34-27-53)71(49-52(4)66-43-32-58(47-68(66)71)56-20-13-9-14-21-56)63-39-37-59(38-40-63)69(5,6)45-44-64(72)41-30-54-28-35-61(36-29-54)70(60-22-15-10-16-23-60)48-51(3)65-42-31-57(46-67(65)70)55-18-11-8-12-19-55;1-3-4-2;1-3-2;2*1-2/h7-16,18-23,26-29,31-40,42-43,46-47,50-52,64,72H,1,17,24-25,30,41,44-45,48-49H2,2-6H3;3-4H2,1-2H3;3H2,1-2H3;2*1-2H3. The first kappa shape index (κ1) is 65.6. The summed E-state index contributed by atoms with van der Waals surface area (Å²) in [5.41, 5.74) is 19.6. The number of hydrogen-bond acceptors (Lipinski definition) is 1. The van der Waals surface area contributed by atoms with Crippen molar-refractivity contribution in [2.75, 3.05) is 0 Å². The molecule has 6 atom stereocenters. The number of benzene rings is 8. The van der Waals surface area contributed by atoms with Crippen LogP contribution in [0.25, 0.3) is 22.3 Å². The van der Waals surface area contributed by atoms with E-state index in [0.717, 1.165) is 51.4 Å². The number of fused-ring (bicyclic) bond motifs is 2. The van der Waals surface area contributed by atoms with Crippen molar-refractivity contribution in [1.29, 1.82) is 0 Å². The zero-order chi connectivity index (χ0) is 60.0. The van der Waals surface area contributed by atoms with Crippen molar-refractivity contribution in [2.24, 2.45) is 5.92 Å². The molecule has 0 bridgehead atoms. The van der Waals surface area contributed by atoms with Gasteiger partial charge in [0.25, 0.3) is 0 Å². The van der Waals surface area contributed by atoms with E-state index in [4.69, 9.17) is 0 Å². The van der Waals surface area contributed by atoms with Crippen LogP contribution in [0.2, 0.25) is 0 Å². The third kappa shape index (κ3) is 15.6. The van der Waals surface area contributed by atoms with Gasteiger partial charge in [0.15, 0.2) is 0 Å². The van der Waals surface area contributed by atoms with E-state index in [9.17, 15) is 5.11 Å². The maximum Gasteiger partial charge on any atom is 0.0543 e. The number of aliphatic hydroxyl groups excluding tert-OH is 1. The van der Waals surface area contributed by atoms with Crippen LogP contribution in [0.5, 0.6) is 0 Å². The van der Waals surface area contributed by atoms with Crippen molar-refractivity contribution in [2.45, 2.75) is 201 Å². The molecule has 0 fully saturated rings. The van der Waals surface area contributed by atoms with E-state index in [0.29, 0.717) is 17.8 Å². The van der Waals surface area contributed by atoms with Gasteiger partial charge in [-0.05, 0) is 177 Å². The number of aryl methyl sites for hydroxylation is 2. The van der Waals surface area contributed by atoms with Gasteiger partial charge in [0.2, 0.25) is 0 Å². The van der Waals surface area contributed by atoms with Crippen LogP contribution < -0.4 is 0 Å². The monoisotopic (exact) mass is 1100 g/mol. The Labute approximate surface area is 505 Å². The minimum atomic E-state index is -0.371. The molecule has 0 saturated heterocycles. The van der Waals surface area contributed by atoms with E-state index in [1.807, 2.05) is 27.7 Å². The van der Waals surface area contributed by atoms with E-state index >= 15 is 0 Å². The molecular formula is C82H104O. The summed E-state index contributed by atoms with van der Waals surface area (Å²) >= 11 is 0. The Morgan fingerprint density at radius 2 is 0.867 bits per heavy atom. The lowest BCUT2D eigenvalue weighted by Crippen LogP contribution is -2.27. The molecule has 0 saturated carbocycles. The summed E-state index contributed by atoms with van der Waals surface area (Å²) in [7, 11) is 0. The fraction of sp³-hybridized carbons (Fsp3) is 0.390. The maximum atomic E-state index is 11.6. The van der Waals surface area contributed by atoms with Gasteiger partial charge >= 0.3 is 0 Å². The molecule has 8 aromatic carbocycles. The Morgan fingerprint density at radius 1 is 0.494 bits per heavy atom. The van der Waals surface area contributed by atoms with Crippen molar-refractivity contribution in [3.8, 4) is 22.3 Å². The van der Waals surface area contributed by atoms with Crippen LogP contribution in [0.4, 0.5) is 0 Å². The van der Waals surface area contributed by atoms with E-state index in [1.165, 1.54) is 109 Å². The van der Waals surface area contributed by atoms with E-state index in [2.05, 4.69) is 275 Å². The molecule has 0 aliphatic heterocycles. The van der Waals surface area contributed by atoms with Crippen molar-refractivity contribution in [1.82, 2.24) is 0 Å². The highest BCUT2D eigenvalue weighted by Gasteiger charge is 2.46. The van der Waals surface area contributed by atoms with Gasteiger partial charge in [0.1, 0.15) is 0 Å². The first-order chi connectivity index (χ1) is 40.3. The van der Waals surface area contributed by atoms with Crippen LogP contribution in [0.15, 0.2) is 213 Å². The molecule has 438 valence electrons. The summed E-state index contributed by atoms with van der Waals surface area (Å²) in [6.07, 6.45) is 14.2. The summed E-state index contributed by atoms with van der Waals surface area (Å²) in [5.74, 6) is 1.50. The first-order valence-electron chi connectivity index (χ1n) is 32.4. The molecule has 1 heteroatoms. The van der Waals surface area contributed by atoms with Crippen LogP contribution in [-0.2, 0) is 29.1 Å². The molecule has 0 amide bonds. The number of hydrogen-bond donors (Lipinski definition) is 1. The van der Waals surface area contributed by atoms with Gasteiger partial charge in [-0.1, -0.05) is 303 Å². The lowest BCUT2D eigenvalue weighted by molar-refractivity contribution is 0.144. The van der Waals surface area contributed by atoms with Crippen molar-refractivity contribution in [3.05, 3.63) is 274 Å². The summed E-state index contributed by atoms with van der Waals surface area (Å²) in [6.45, 7) is 32.4. The third-order valence-corrected chi connectivity index (χ3v) is 17.7. The van der Waals surface area contributed by atoms with Crippen LogP contribution in [-0.4, -0.2) is 11.2 Å². The predicted octanol–water partition coefficient (Wildman–Crippen LogP) is 23.2. The Kier molecular flexibility index (Phi) is 25.2. The first-order valence-corrected chi connectivity index (χ1v) is 32.4. The second-order valence-electron chi connectivity index (χ2n) is 24.2. The molecule has 83 heavy (non-hydrogen) atoms. The van der Waals surface area contributed by atoms with Crippen LogP contribution in [0, 0.1) is 5.92 Å². The fourth-order valence-corrected chi connectivity index (χ4v) is 12.9. The number of unbranched alkanes of at least 4 members (excludes halogenated alkanes) is 1. The minimum absolute atomic E-state index is 0.0963. The van der Waals surface area contributed by atoms with Gasteiger partial charge in [0.05, 0.1) is 6.10 Å². The molecule has 1 N–H and O–H groups in total. The minimum Gasteiger partial charge on any atom is -0.393 e. The molecule has 2 aliphatic rings. The molecular weight excluding hydrogens is 1000 g/mol. The quantitative estimate of drug-likeness (QED) is 0.0800. The summed E-state index contributed by atoms with van der Waals surface area (Å²) in [4.78, 5) is 0. The van der Waals surface area contributed by atoms with Crippen LogP contribution in [0.1, 0.15) is 227 Å². The third-order valence-electron chi connectivity index (χ3n) is 17.7. The molecule has 0 heterocycles. The molecule has 10 rings (SSSR count). The Morgan fingerprint density at radius 3 is 1.27 bits per heavy atom. The molecule has 0 aromatic heterocycles. The van der Waals surface area contributed by atoms with E-state index < -0.39 is 0 Å². The molecule has 6 unspecified atom stereocenters. The molecule has 2 aliphatic carbocycles. The molecule has 8 aromatic rings. The zero-order valence-electron chi connectivity index (χ0n) is 53.6. The van der Waals surface area contributed by atoms with Crippen LogP contribution >= 0.6 is 0 Å². The second kappa shape index (κ2) is 31.9. The average molecular weight is 1110 g/mol. The topological polar surface area (TPSA) is 20.2 Å². The molecule has 0 spiro atoms. The largest absolute Gasteiger partial charge is 0.393 e. The lowest BCUT2D eigenvalue weighted by atomic mass is 9.68. The van der Waals surface area contributed by atoms with Crippen molar-refractivity contribution in [3.63, 3.8) is 0 Å². The predicted molar refractivity (Wildman–Crippen MR) is 363 cm³/mol. The SMILES string of the molecule is C=CCC(C)CCc1ccc(C2(c3ccc(C(C)(C)CCC(O)CCc4ccc(C5(c6ccccc6)CC(C)c6ccc(-c7ccccc7)cc65)cc4)cc3)CC(C)c3ccc(-c4ccccc4)cc32)cc1.CC.CC.CCC.CCCC. The van der Waals surface area contributed by atoms with Crippen molar-refractivity contribution < 1.29 is 5.11 Å². The number of allylic oxidation sites excluding steroid dienone is 1. The van der Waals surface area contributed by atoms with Gasteiger partial charge in [-0.15, -0.1) is 6.58 Å². The fourth-order valence-electron chi connectivity index (χ4n) is 12.9. The molecule has 0 radical (unpaired) electrons. The number of rotatable bonds is 19. The summed E-state index contributed by atoms with van der Waals surface area (Å²) in [5, 5.41) is 11.6. The van der Waals surface area contributed by atoms with E-state index in [-0.39, 0.29) is 22.3 Å². The van der Waals surface area contributed by atoms with Gasteiger partial charge < -0.3 is 5.11 Å². The smallest absolute Gasteiger partial charge is 0.0543 e. The highest BCUT2D eigenvalue weighted by molar-refractivity contribution is 5.71. The normalized spacial score (nSPS) is 18.2. The zero-order valence-corrected chi connectivity index (χ0v) is 53.6. The van der Waals surface area contributed by atoms with Gasteiger partial charge in [-0.3, -0.25) is 0 Å². The Bertz CT molecular complexity index is 3130. The van der Waals surface area contributed by atoms with Gasteiger partial charge in [-0.25, -0.2) is 0 Å². The van der Waals surface area contributed by atoms with E-state index in [1.54, 1.807) is 0 Å². The maximum absolute atomic E-state index is 11.6. The van der Waals surface area contributed by atoms with Crippen molar-refractivity contribution >= 4 is 0 Å². The second-order valence-corrected chi connectivity index (χ2v) is 24.2. The number of aliphatic hydroxyl groups is 1. The van der Waals surface area contributed by atoms with Gasteiger partial charge in [-0.2, -0.15) is 0 Å². The highest BCUT2D eigenvalue weighted by Crippen LogP contribution is 2.56. The molecule has 1 nitrogen and oxygen atoms in total.